The van der Waals surface area contributed by atoms with Crippen LogP contribution in [0.3, 0.4) is 0 Å². The Morgan fingerprint density at radius 3 is 2.75 bits per heavy atom. The first-order chi connectivity index (χ1) is 9.63. The number of carbonyl (C=O) groups is 1. The molecule has 0 bridgehead atoms. The number of nitrogens with two attached hydrogens (primary N) is 1. The summed E-state index contributed by atoms with van der Waals surface area (Å²) in [4.78, 5) is 14.2. The molecule has 0 atom stereocenters. The van der Waals surface area contributed by atoms with Gasteiger partial charge in [-0.25, -0.2) is 0 Å². The zero-order valence-corrected chi connectivity index (χ0v) is 12.0. The van der Waals surface area contributed by atoms with Gasteiger partial charge in [-0.2, -0.15) is 0 Å². The summed E-state index contributed by atoms with van der Waals surface area (Å²) in [6.45, 7) is 1.59. The fourth-order valence-electron chi connectivity index (χ4n) is 2.37. The number of nitrogen functional groups attached to an aromatic ring is 1. The molecule has 1 saturated heterocycles. The van der Waals surface area contributed by atoms with Gasteiger partial charge in [-0.3, -0.25) is 4.79 Å². The molecule has 0 radical (unpaired) electrons. The van der Waals surface area contributed by atoms with Crippen LogP contribution in [-0.4, -0.2) is 48.3 Å². The fourth-order valence-corrected chi connectivity index (χ4v) is 2.63. The molecule has 5 nitrogen and oxygen atoms in total. The lowest BCUT2D eigenvalue weighted by atomic mass is 10.1. The molecule has 1 aliphatic rings. The van der Waals surface area contributed by atoms with E-state index in [4.69, 9.17) is 27.2 Å². The Labute approximate surface area is 123 Å². The van der Waals surface area contributed by atoms with Crippen molar-refractivity contribution in [1.82, 2.24) is 4.90 Å². The summed E-state index contributed by atoms with van der Waals surface area (Å²) in [7, 11) is 0. The number of carbonyl (C=O) groups excluding carboxylic acids is 1. The smallest absolute Gasteiger partial charge is 0.257 e. The van der Waals surface area contributed by atoms with Gasteiger partial charge in [0.1, 0.15) is 0 Å². The predicted molar refractivity (Wildman–Crippen MR) is 77.8 cm³/mol. The summed E-state index contributed by atoms with van der Waals surface area (Å²) in [5, 5.41) is 9.11. The van der Waals surface area contributed by atoms with Gasteiger partial charge in [0.05, 0.1) is 29.9 Å². The average molecular weight is 299 g/mol. The molecule has 0 saturated carbocycles. The van der Waals surface area contributed by atoms with Gasteiger partial charge in [0.25, 0.3) is 5.91 Å². The molecule has 0 aliphatic carbocycles. The third-order valence-electron chi connectivity index (χ3n) is 3.43. The highest BCUT2D eigenvalue weighted by Gasteiger charge is 2.26. The van der Waals surface area contributed by atoms with Crippen LogP contribution in [0.15, 0.2) is 18.2 Å². The van der Waals surface area contributed by atoms with Gasteiger partial charge >= 0.3 is 0 Å². The summed E-state index contributed by atoms with van der Waals surface area (Å²) in [6.07, 6.45) is 1.63. The number of anilines is 1. The van der Waals surface area contributed by atoms with E-state index in [9.17, 15) is 4.79 Å². The van der Waals surface area contributed by atoms with E-state index in [1.807, 2.05) is 0 Å². The molecule has 110 valence electrons. The fraction of sp³-hybridized carbons (Fsp3) is 0.500. The van der Waals surface area contributed by atoms with Gasteiger partial charge in [-0.1, -0.05) is 17.7 Å². The van der Waals surface area contributed by atoms with Crippen molar-refractivity contribution in [3.8, 4) is 0 Å². The minimum absolute atomic E-state index is 0.0231. The van der Waals surface area contributed by atoms with Crippen LogP contribution in [-0.2, 0) is 4.74 Å². The Kier molecular flexibility index (Phi) is 5.23. The zero-order valence-electron chi connectivity index (χ0n) is 11.2. The summed E-state index contributed by atoms with van der Waals surface area (Å²) in [5.41, 5.74) is 6.62. The molecule has 0 spiro atoms. The normalized spacial score (nSPS) is 16.4. The summed E-state index contributed by atoms with van der Waals surface area (Å²) >= 11 is 6.06. The maximum atomic E-state index is 12.4. The number of hydrogen-bond donors (Lipinski definition) is 2. The molecule has 1 fully saturated rings. The van der Waals surface area contributed by atoms with Crippen LogP contribution in [0.1, 0.15) is 23.2 Å². The molecule has 1 heterocycles. The number of hydrogen-bond acceptors (Lipinski definition) is 4. The number of amides is 1. The van der Waals surface area contributed by atoms with Crippen LogP contribution in [0, 0.1) is 0 Å². The van der Waals surface area contributed by atoms with E-state index in [1.165, 1.54) is 0 Å². The van der Waals surface area contributed by atoms with Crippen LogP contribution in [0.25, 0.3) is 0 Å². The summed E-state index contributed by atoms with van der Waals surface area (Å²) in [5.74, 6) is -0.131. The summed E-state index contributed by atoms with van der Waals surface area (Å²) in [6, 6.07) is 5.07. The molecular formula is C14H19ClN2O3. The topological polar surface area (TPSA) is 75.8 Å². The monoisotopic (exact) mass is 298 g/mol. The number of aliphatic hydroxyl groups is 1. The molecule has 1 aromatic rings. The Morgan fingerprint density at radius 1 is 1.45 bits per heavy atom. The van der Waals surface area contributed by atoms with Gasteiger partial charge in [-0.15, -0.1) is 0 Å². The second-order valence-electron chi connectivity index (χ2n) is 4.79. The Balaban J connectivity index is 1.98. The number of nitrogens with zero attached hydrogens (tertiary/aromatic N) is 1. The number of piperidine rings is 1. The van der Waals surface area contributed by atoms with Crippen molar-refractivity contribution < 1.29 is 14.6 Å². The SMILES string of the molecule is Nc1cccc(Cl)c1C(=O)N1CCC(OCCO)CC1. The van der Waals surface area contributed by atoms with Crippen LogP contribution in [0.4, 0.5) is 5.69 Å². The molecule has 2 rings (SSSR count). The third kappa shape index (κ3) is 3.42. The van der Waals surface area contributed by atoms with Gasteiger partial charge in [0.2, 0.25) is 0 Å². The van der Waals surface area contributed by atoms with E-state index in [0.717, 1.165) is 12.8 Å². The Morgan fingerprint density at radius 2 is 2.15 bits per heavy atom. The first-order valence-electron chi connectivity index (χ1n) is 6.69. The van der Waals surface area contributed by atoms with Crippen molar-refractivity contribution in [3.05, 3.63) is 28.8 Å². The van der Waals surface area contributed by atoms with E-state index in [2.05, 4.69) is 0 Å². The second kappa shape index (κ2) is 6.92. The first-order valence-corrected chi connectivity index (χ1v) is 7.07. The number of aliphatic hydroxyl groups excluding tert-OH is 1. The van der Waals surface area contributed by atoms with Crippen molar-refractivity contribution in [2.75, 3.05) is 32.0 Å². The standard InChI is InChI=1S/C14H19ClN2O3/c15-11-2-1-3-12(16)13(11)14(19)17-6-4-10(5-7-17)20-9-8-18/h1-3,10,18H,4-9,16H2. The van der Waals surface area contributed by atoms with Gasteiger partial charge in [0, 0.05) is 18.8 Å². The first kappa shape index (κ1) is 15.1. The maximum Gasteiger partial charge on any atom is 0.257 e. The van der Waals surface area contributed by atoms with Crippen molar-refractivity contribution in [1.29, 1.82) is 0 Å². The van der Waals surface area contributed by atoms with Crippen LogP contribution >= 0.6 is 11.6 Å². The van der Waals surface area contributed by atoms with Gasteiger partial charge < -0.3 is 20.5 Å². The van der Waals surface area contributed by atoms with E-state index in [0.29, 0.717) is 36.0 Å². The number of rotatable bonds is 4. The Bertz CT molecular complexity index is 453. The Hall–Kier alpha value is -1.30. The lowest BCUT2D eigenvalue weighted by Crippen LogP contribution is -2.41. The lowest BCUT2D eigenvalue weighted by molar-refractivity contribution is -0.00551. The molecular weight excluding hydrogens is 280 g/mol. The van der Waals surface area contributed by atoms with Crippen molar-refractivity contribution in [2.45, 2.75) is 18.9 Å². The number of likely N-dealkylation sites (tertiary alicyclic amines) is 1. The highest BCUT2D eigenvalue weighted by molar-refractivity contribution is 6.34. The number of halogens is 1. The van der Waals surface area contributed by atoms with E-state index < -0.39 is 0 Å². The molecule has 6 heteroatoms. The van der Waals surface area contributed by atoms with Crippen LogP contribution in [0.5, 0.6) is 0 Å². The van der Waals surface area contributed by atoms with E-state index in [1.54, 1.807) is 23.1 Å². The maximum absolute atomic E-state index is 12.4. The highest BCUT2D eigenvalue weighted by atomic mass is 35.5. The third-order valence-corrected chi connectivity index (χ3v) is 3.75. The van der Waals surface area contributed by atoms with Gasteiger partial charge in [-0.05, 0) is 25.0 Å². The average Bonchev–Trinajstić information content (AvgIpc) is 2.45. The molecule has 0 unspecified atom stereocenters. The number of benzene rings is 1. The van der Waals surface area contributed by atoms with E-state index in [-0.39, 0.29) is 18.6 Å². The lowest BCUT2D eigenvalue weighted by Gasteiger charge is -2.32. The number of ether oxygens (including phenoxy) is 1. The molecule has 1 aromatic carbocycles. The van der Waals surface area contributed by atoms with Crippen LogP contribution < -0.4 is 5.73 Å². The predicted octanol–water partition coefficient (Wildman–Crippen LogP) is 1.54. The van der Waals surface area contributed by atoms with Crippen molar-refractivity contribution >= 4 is 23.2 Å². The highest BCUT2D eigenvalue weighted by Crippen LogP contribution is 2.25. The van der Waals surface area contributed by atoms with Crippen molar-refractivity contribution in [3.63, 3.8) is 0 Å². The van der Waals surface area contributed by atoms with E-state index >= 15 is 0 Å². The largest absolute Gasteiger partial charge is 0.398 e. The zero-order chi connectivity index (χ0) is 14.5. The quantitative estimate of drug-likeness (QED) is 0.827. The van der Waals surface area contributed by atoms with Crippen molar-refractivity contribution in [2.24, 2.45) is 0 Å². The van der Waals surface area contributed by atoms with Crippen LogP contribution in [0.2, 0.25) is 5.02 Å². The molecule has 1 amide bonds. The summed E-state index contributed by atoms with van der Waals surface area (Å²) < 4.78 is 5.47. The minimum atomic E-state index is -0.131. The molecule has 3 N–H and O–H groups in total. The van der Waals surface area contributed by atoms with Gasteiger partial charge in [0.15, 0.2) is 0 Å². The molecule has 1 aliphatic heterocycles. The second-order valence-corrected chi connectivity index (χ2v) is 5.20. The molecule has 20 heavy (non-hydrogen) atoms. The minimum Gasteiger partial charge on any atom is -0.398 e. The molecule has 0 aromatic heterocycles.